The van der Waals surface area contributed by atoms with Crippen LogP contribution in [0.1, 0.15) is 37.0 Å². The van der Waals surface area contributed by atoms with Crippen LogP contribution in [0.25, 0.3) is 0 Å². The van der Waals surface area contributed by atoms with Crippen LogP contribution in [0.4, 0.5) is 5.69 Å². The van der Waals surface area contributed by atoms with E-state index >= 15 is 0 Å². The molecule has 1 aromatic rings. The lowest BCUT2D eigenvalue weighted by Gasteiger charge is -2.20. The normalized spacial score (nSPS) is 9.95. The SMILES string of the molecule is CCCCN(CC(=O)Nc1ccccc1C(=O)OC)C(C)=O. The van der Waals surface area contributed by atoms with Crippen molar-refractivity contribution in [3.63, 3.8) is 0 Å². The predicted molar refractivity (Wildman–Crippen MR) is 83.6 cm³/mol. The summed E-state index contributed by atoms with van der Waals surface area (Å²) in [5.74, 6) is -1.02. The number of anilines is 1. The second kappa shape index (κ2) is 8.81. The van der Waals surface area contributed by atoms with E-state index in [4.69, 9.17) is 0 Å². The molecule has 0 unspecified atom stereocenters. The van der Waals surface area contributed by atoms with E-state index in [-0.39, 0.29) is 23.9 Å². The molecule has 6 heteroatoms. The zero-order valence-electron chi connectivity index (χ0n) is 13.2. The van der Waals surface area contributed by atoms with Gasteiger partial charge in [0.1, 0.15) is 0 Å². The summed E-state index contributed by atoms with van der Waals surface area (Å²) in [4.78, 5) is 36.8. The van der Waals surface area contributed by atoms with E-state index in [1.165, 1.54) is 18.9 Å². The van der Waals surface area contributed by atoms with Crippen molar-refractivity contribution in [1.82, 2.24) is 4.90 Å². The molecular formula is C16H22N2O4. The highest BCUT2D eigenvalue weighted by molar-refractivity contribution is 6.02. The molecule has 2 amide bonds. The first-order valence-electron chi connectivity index (χ1n) is 7.22. The number of carbonyl (C=O) groups excluding carboxylic acids is 3. The average molecular weight is 306 g/mol. The highest BCUT2D eigenvalue weighted by Crippen LogP contribution is 2.16. The summed E-state index contributed by atoms with van der Waals surface area (Å²) in [5, 5.41) is 2.65. The second-order valence-electron chi connectivity index (χ2n) is 4.88. The minimum absolute atomic E-state index is 0.0369. The quantitative estimate of drug-likeness (QED) is 0.782. The van der Waals surface area contributed by atoms with Crippen LogP contribution < -0.4 is 5.32 Å². The summed E-state index contributed by atoms with van der Waals surface area (Å²) >= 11 is 0. The van der Waals surface area contributed by atoms with E-state index in [1.807, 2.05) is 6.92 Å². The van der Waals surface area contributed by atoms with E-state index in [0.717, 1.165) is 12.8 Å². The maximum absolute atomic E-state index is 12.1. The molecular weight excluding hydrogens is 284 g/mol. The molecule has 0 aromatic heterocycles. The van der Waals surface area contributed by atoms with Crippen molar-refractivity contribution in [3.05, 3.63) is 29.8 Å². The Morgan fingerprint density at radius 3 is 2.50 bits per heavy atom. The maximum Gasteiger partial charge on any atom is 0.339 e. The van der Waals surface area contributed by atoms with Gasteiger partial charge in [-0.15, -0.1) is 0 Å². The number of nitrogens with zero attached hydrogens (tertiary/aromatic N) is 1. The van der Waals surface area contributed by atoms with Gasteiger partial charge in [0, 0.05) is 13.5 Å². The van der Waals surface area contributed by atoms with E-state index in [0.29, 0.717) is 12.2 Å². The number of para-hydroxylation sites is 1. The lowest BCUT2D eigenvalue weighted by Crippen LogP contribution is -2.37. The Hall–Kier alpha value is -2.37. The monoisotopic (exact) mass is 306 g/mol. The molecule has 0 spiro atoms. The fourth-order valence-corrected chi connectivity index (χ4v) is 1.94. The van der Waals surface area contributed by atoms with E-state index in [2.05, 4.69) is 10.1 Å². The Balaban J connectivity index is 2.76. The van der Waals surface area contributed by atoms with Crippen LogP contribution in [0.15, 0.2) is 24.3 Å². The Morgan fingerprint density at radius 1 is 1.23 bits per heavy atom. The standard InChI is InChI=1S/C16H22N2O4/c1-4-5-10-18(12(2)19)11-15(20)17-14-9-7-6-8-13(14)16(21)22-3/h6-9H,4-5,10-11H2,1-3H3,(H,17,20). The zero-order valence-corrected chi connectivity index (χ0v) is 13.2. The number of carbonyl (C=O) groups is 3. The first-order chi connectivity index (χ1) is 10.5. The zero-order chi connectivity index (χ0) is 16.5. The van der Waals surface area contributed by atoms with Crippen molar-refractivity contribution in [2.45, 2.75) is 26.7 Å². The molecule has 0 aliphatic heterocycles. The molecule has 0 fully saturated rings. The van der Waals surface area contributed by atoms with Gasteiger partial charge in [0.25, 0.3) is 0 Å². The van der Waals surface area contributed by atoms with Crippen molar-refractivity contribution >= 4 is 23.5 Å². The molecule has 0 radical (unpaired) electrons. The largest absolute Gasteiger partial charge is 0.465 e. The van der Waals surface area contributed by atoms with Crippen LogP contribution >= 0.6 is 0 Å². The summed E-state index contributed by atoms with van der Waals surface area (Å²) < 4.78 is 4.68. The van der Waals surface area contributed by atoms with Crippen LogP contribution in [0.3, 0.4) is 0 Å². The van der Waals surface area contributed by atoms with Gasteiger partial charge in [-0.25, -0.2) is 4.79 Å². The summed E-state index contributed by atoms with van der Waals surface area (Å²) in [7, 11) is 1.28. The van der Waals surface area contributed by atoms with Crippen LogP contribution in [0, 0.1) is 0 Å². The van der Waals surface area contributed by atoms with Crippen molar-refractivity contribution in [1.29, 1.82) is 0 Å². The Kier molecular flexibility index (Phi) is 7.08. The van der Waals surface area contributed by atoms with Crippen molar-refractivity contribution < 1.29 is 19.1 Å². The minimum atomic E-state index is -0.523. The third-order valence-corrected chi connectivity index (χ3v) is 3.17. The highest BCUT2D eigenvalue weighted by atomic mass is 16.5. The Labute approximate surface area is 130 Å². The van der Waals surface area contributed by atoms with Crippen molar-refractivity contribution in [2.24, 2.45) is 0 Å². The molecule has 0 aliphatic carbocycles. The van der Waals surface area contributed by atoms with Crippen LogP contribution in [0.2, 0.25) is 0 Å². The van der Waals surface area contributed by atoms with E-state index in [1.54, 1.807) is 24.3 Å². The van der Waals surface area contributed by atoms with Gasteiger partial charge in [-0.3, -0.25) is 9.59 Å². The summed E-state index contributed by atoms with van der Waals surface area (Å²) in [5.41, 5.74) is 0.652. The maximum atomic E-state index is 12.1. The van der Waals surface area contributed by atoms with Crippen LogP contribution in [0.5, 0.6) is 0 Å². The Morgan fingerprint density at radius 2 is 1.91 bits per heavy atom. The molecule has 0 saturated heterocycles. The number of esters is 1. The number of nitrogens with one attached hydrogen (secondary N) is 1. The number of amides is 2. The van der Waals surface area contributed by atoms with Crippen molar-refractivity contribution in [2.75, 3.05) is 25.5 Å². The van der Waals surface area contributed by atoms with Gasteiger partial charge in [-0.05, 0) is 18.6 Å². The number of methoxy groups -OCH3 is 1. The number of rotatable bonds is 7. The smallest absolute Gasteiger partial charge is 0.339 e. The summed E-state index contributed by atoms with van der Waals surface area (Å²) in [6.45, 7) is 3.96. The summed E-state index contributed by atoms with van der Waals surface area (Å²) in [6.07, 6.45) is 1.78. The first kappa shape index (κ1) is 17.7. The molecule has 1 N–H and O–H groups in total. The Bertz CT molecular complexity index is 543. The number of hydrogen-bond acceptors (Lipinski definition) is 4. The van der Waals surface area contributed by atoms with Gasteiger partial charge in [-0.2, -0.15) is 0 Å². The van der Waals surface area contributed by atoms with Gasteiger partial charge >= 0.3 is 5.97 Å². The molecule has 1 aromatic carbocycles. The topological polar surface area (TPSA) is 75.7 Å². The molecule has 0 saturated carbocycles. The lowest BCUT2D eigenvalue weighted by atomic mass is 10.2. The fraction of sp³-hybridized carbons (Fsp3) is 0.438. The fourth-order valence-electron chi connectivity index (χ4n) is 1.94. The first-order valence-corrected chi connectivity index (χ1v) is 7.22. The molecule has 0 heterocycles. The van der Waals surface area contributed by atoms with E-state index < -0.39 is 5.97 Å². The third kappa shape index (κ3) is 5.20. The molecule has 22 heavy (non-hydrogen) atoms. The van der Waals surface area contributed by atoms with Crippen molar-refractivity contribution in [3.8, 4) is 0 Å². The van der Waals surface area contributed by atoms with Gasteiger partial charge in [0.05, 0.1) is 24.9 Å². The average Bonchev–Trinajstić information content (AvgIpc) is 2.50. The molecule has 0 aliphatic rings. The summed E-state index contributed by atoms with van der Waals surface area (Å²) in [6, 6.07) is 6.59. The molecule has 0 bridgehead atoms. The lowest BCUT2D eigenvalue weighted by molar-refractivity contribution is -0.132. The molecule has 6 nitrogen and oxygen atoms in total. The van der Waals surface area contributed by atoms with Crippen LogP contribution in [-0.2, 0) is 14.3 Å². The van der Waals surface area contributed by atoms with Crippen LogP contribution in [-0.4, -0.2) is 42.9 Å². The van der Waals surface area contributed by atoms with Gasteiger partial charge in [0.2, 0.25) is 11.8 Å². The molecule has 1 rings (SSSR count). The van der Waals surface area contributed by atoms with Gasteiger partial charge in [-0.1, -0.05) is 25.5 Å². The van der Waals surface area contributed by atoms with E-state index in [9.17, 15) is 14.4 Å². The molecule has 120 valence electrons. The second-order valence-corrected chi connectivity index (χ2v) is 4.88. The highest BCUT2D eigenvalue weighted by Gasteiger charge is 2.16. The number of ether oxygens (including phenoxy) is 1. The third-order valence-electron chi connectivity index (χ3n) is 3.17. The number of benzene rings is 1. The van der Waals surface area contributed by atoms with Gasteiger partial charge in [0.15, 0.2) is 0 Å². The predicted octanol–water partition coefficient (Wildman–Crippen LogP) is 2.06. The van der Waals surface area contributed by atoms with Gasteiger partial charge < -0.3 is 15.0 Å². The number of hydrogen-bond donors (Lipinski definition) is 1. The minimum Gasteiger partial charge on any atom is -0.465 e. The molecule has 0 atom stereocenters. The number of unbranched alkanes of at least 4 members (excludes halogenated alkanes) is 1.